The van der Waals surface area contributed by atoms with Crippen molar-refractivity contribution in [3.05, 3.63) is 23.8 Å². The molecule has 86 valence electrons. The minimum absolute atomic E-state index is 0.411. The summed E-state index contributed by atoms with van der Waals surface area (Å²) in [5.41, 5.74) is 1.84. The topological polar surface area (TPSA) is 27.0 Å². The summed E-state index contributed by atoms with van der Waals surface area (Å²) in [6, 6.07) is 8.78. The third kappa shape index (κ3) is 2.51. The van der Waals surface area contributed by atoms with E-state index in [0.717, 1.165) is 22.7 Å². The van der Waals surface area contributed by atoms with Crippen LogP contribution in [-0.4, -0.2) is 18.8 Å². The van der Waals surface area contributed by atoms with Crippen molar-refractivity contribution in [2.75, 3.05) is 17.7 Å². The van der Waals surface area contributed by atoms with Gasteiger partial charge in [-0.25, -0.2) is 0 Å². The van der Waals surface area contributed by atoms with Gasteiger partial charge in [-0.15, -0.1) is 11.8 Å². The van der Waals surface area contributed by atoms with E-state index < -0.39 is 0 Å². The molecule has 0 heterocycles. The normalized spacial score (nSPS) is 10.2. The number of hydrogen-bond donors (Lipinski definition) is 0. The van der Waals surface area contributed by atoms with Crippen molar-refractivity contribution in [3.8, 4) is 6.07 Å². The third-order valence-electron chi connectivity index (χ3n) is 2.61. The van der Waals surface area contributed by atoms with Crippen LogP contribution in [0.3, 0.4) is 0 Å². The Morgan fingerprint density at radius 2 is 2.12 bits per heavy atom. The molecule has 0 spiro atoms. The Hall–Kier alpha value is -1.14. The zero-order valence-corrected chi connectivity index (χ0v) is 11.1. The van der Waals surface area contributed by atoms with Gasteiger partial charge < -0.3 is 4.90 Å². The second-order valence-electron chi connectivity index (χ2n) is 3.85. The van der Waals surface area contributed by atoms with Crippen LogP contribution in [0.2, 0.25) is 0 Å². The van der Waals surface area contributed by atoms with Crippen LogP contribution in [0, 0.1) is 11.3 Å². The van der Waals surface area contributed by atoms with E-state index in [0.29, 0.717) is 6.04 Å². The zero-order valence-electron chi connectivity index (χ0n) is 10.3. The van der Waals surface area contributed by atoms with E-state index in [9.17, 15) is 5.26 Å². The quantitative estimate of drug-likeness (QED) is 0.746. The molecule has 0 amide bonds. The molecule has 16 heavy (non-hydrogen) atoms. The maximum atomic E-state index is 9.27. The van der Waals surface area contributed by atoms with Gasteiger partial charge in [0.2, 0.25) is 0 Å². The first-order valence-electron chi connectivity index (χ1n) is 5.49. The fourth-order valence-corrected chi connectivity index (χ4v) is 2.42. The fraction of sp³-hybridized carbons (Fsp3) is 0.462. The predicted octanol–water partition coefficient (Wildman–Crippen LogP) is 3.51. The van der Waals surface area contributed by atoms with Gasteiger partial charge in [-0.05, 0) is 39.2 Å². The molecule has 0 unspecified atom stereocenters. The first-order valence-corrected chi connectivity index (χ1v) is 6.71. The zero-order chi connectivity index (χ0) is 12.1. The first-order chi connectivity index (χ1) is 7.65. The lowest BCUT2D eigenvalue weighted by molar-refractivity contribution is 0.702. The van der Waals surface area contributed by atoms with E-state index in [1.165, 1.54) is 0 Å². The lowest BCUT2D eigenvalue weighted by Gasteiger charge is -2.28. The Kier molecular flexibility index (Phi) is 4.70. The van der Waals surface area contributed by atoms with Crippen molar-refractivity contribution in [1.29, 1.82) is 5.26 Å². The molecule has 0 aliphatic rings. The summed E-state index contributed by atoms with van der Waals surface area (Å²) < 4.78 is 0. The van der Waals surface area contributed by atoms with Crippen molar-refractivity contribution in [2.24, 2.45) is 0 Å². The first kappa shape index (κ1) is 12.9. The number of benzene rings is 1. The van der Waals surface area contributed by atoms with Crippen molar-refractivity contribution < 1.29 is 0 Å². The van der Waals surface area contributed by atoms with E-state index in [4.69, 9.17) is 0 Å². The highest BCUT2D eigenvalue weighted by Gasteiger charge is 2.14. The van der Waals surface area contributed by atoms with Crippen LogP contribution in [0.1, 0.15) is 26.3 Å². The number of anilines is 1. The number of thioether (sulfide) groups is 1. The van der Waals surface area contributed by atoms with Crippen molar-refractivity contribution in [3.63, 3.8) is 0 Å². The summed E-state index contributed by atoms with van der Waals surface area (Å²) in [6.07, 6.45) is 2.01. The molecule has 0 bridgehead atoms. The second kappa shape index (κ2) is 5.81. The number of nitrogens with zero attached hydrogens (tertiary/aromatic N) is 2. The second-order valence-corrected chi connectivity index (χ2v) is 4.69. The van der Waals surface area contributed by atoms with Crippen LogP contribution in [0.5, 0.6) is 0 Å². The molecule has 0 saturated carbocycles. The van der Waals surface area contributed by atoms with Gasteiger partial charge >= 0.3 is 0 Å². The molecule has 0 aromatic heterocycles. The van der Waals surface area contributed by atoms with Crippen LogP contribution < -0.4 is 4.90 Å². The van der Waals surface area contributed by atoms with Crippen LogP contribution in [0.25, 0.3) is 0 Å². The summed E-state index contributed by atoms with van der Waals surface area (Å²) in [6.45, 7) is 7.34. The van der Waals surface area contributed by atoms with Gasteiger partial charge in [0.25, 0.3) is 0 Å². The van der Waals surface area contributed by atoms with Crippen LogP contribution in [-0.2, 0) is 0 Å². The molecule has 0 radical (unpaired) electrons. The smallest absolute Gasteiger partial charge is 0.103 e. The van der Waals surface area contributed by atoms with Gasteiger partial charge in [0.05, 0.1) is 11.3 Å². The van der Waals surface area contributed by atoms with E-state index in [1.54, 1.807) is 11.8 Å². The Morgan fingerprint density at radius 1 is 1.44 bits per heavy atom. The average molecular weight is 234 g/mol. The monoisotopic (exact) mass is 234 g/mol. The Morgan fingerprint density at radius 3 is 2.56 bits per heavy atom. The Bertz CT molecular complexity index is 393. The molecule has 1 rings (SSSR count). The van der Waals surface area contributed by atoms with Gasteiger partial charge in [0.15, 0.2) is 0 Å². The van der Waals surface area contributed by atoms with E-state index in [1.807, 2.05) is 24.5 Å². The molecule has 1 aromatic carbocycles. The Labute approximate surface area is 102 Å². The average Bonchev–Trinajstić information content (AvgIpc) is 2.29. The molecule has 0 aliphatic carbocycles. The van der Waals surface area contributed by atoms with Crippen LogP contribution in [0.4, 0.5) is 5.69 Å². The standard InChI is InChI=1S/C13H18N2S/c1-5-15(10(2)3)12-7-6-8-13(16-4)11(12)9-14/h6-8,10H,5H2,1-4H3. The van der Waals surface area contributed by atoms with Gasteiger partial charge in [0.1, 0.15) is 6.07 Å². The molecule has 0 atom stereocenters. The van der Waals surface area contributed by atoms with Crippen molar-refractivity contribution in [2.45, 2.75) is 31.7 Å². The summed E-state index contributed by atoms with van der Waals surface area (Å²) in [7, 11) is 0. The summed E-state index contributed by atoms with van der Waals surface area (Å²) in [5.74, 6) is 0. The minimum atomic E-state index is 0.411. The number of hydrogen-bond acceptors (Lipinski definition) is 3. The highest BCUT2D eigenvalue weighted by Crippen LogP contribution is 2.29. The van der Waals surface area contributed by atoms with Crippen LogP contribution >= 0.6 is 11.8 Å². The SMILES string of the molecule is CCN(c1cccc(SC)c1C#N)C(C)C. The third-order valence-corrected chi connectivity index (χ3v) is 3.39. The maximum absolute atomic E-state index is 9.27. The van der Waals surface area contributed by atoms with Gasteiger partial charge in [-0.1, -0.05) is 6.07 Å². The molecule has 2 nitrogen and oxygen atoms in total. The molecular weight excluding hydrogens is 216 g/mol. The summed E-state index contributed by atoms with van der Waals surface area (Å²) in [5, 5.41) is 9.27. The molecule has 0 saturated heterocycles. The van der Waals surface area contributed by atoms with Gasteiger partial charge in [0, 0.05) is 17.5 Å². The van der Waals surface area contributed by atoms with Gasteiger partial charge in [-0.3, -0.25) is 0 Å². The number of nitriles is 1. The minimum Gasteiger partial charge on any atom is -0.368 e. The van der Waals surface area contributed by atoms with Crippen molar-refractivity contribution >= 4 is 17.4 Å². The predicted molar refractivity (Wildman–Crippen MR) is 71.1 cm³/mol. The van der Waals surface area contributed by atoms with E-state index in [2.05, 4.69) is 31.7 Å². The molecule has 0 aliphatic heterocycles. The molecule has 3 heteroatoms. The molecule has 1 aromatic rings. The largest absolute Gasteiger partial charge is 0.368 e. The fourth-order valence-electron chi connectivity index (χ4n) is 1.86. The van der Waals surface area contributed by atoms with Crippen molar-refractivity contribution in [1.82, 2.24) is 0 Å². The van der Waals surface area contributed by atoms with E-state index in [-0.39, 0.29) is 0 Å². The van der Waals surface area contributed by atoms with Crippen LogP contribution in [0.15, 0.2) is 23.1 Å². The molecule has 0 fully saturated rings. The summed E-state index contributed by atoms with van der Waals surface area (Å²) in [4.78, 5) is 3.30. The van der Waals surface area contributed by atoms with E-state index >= 15 is 0 Å². The number of rotatable bonds is 4. The highest BCUT2D eigenvalue weighted by atomic mass is 32.2. The lowest BCUT2D eigenvalue weighted by atomic mass is 10.1. The highest BCUT2D eigenvalue weighted by molar-refractivity contribution is 7.98. The maximum Gasteiger partial charge on any atom is 0.103 e. The lowest BCUT2D eigenvalue weighted by Crippen LogP contribution is -2.31. The molecule has 0 N–H and O–H groups in total. The molecular formula is C13H18N2S. The Balaban J connectivity index is 3.27. The van der Waals surface area contributed by atoms with Gasteiger partial charge in [-0.2, -0.15) is 5.26 Å². The summed E-state index contributed by atoms with van der Waals surface area (Å²) >= 11 is 1.62.